The number of nitrogens with two attached hydrogens (primary N) is 2. The van der Waals surface area contributed by atoms with Crippen molar-refractivity contribution in [3.8, 4) is 0 Å². The van der Waals surface area contributed by atoms with Gasteiger partial charge in [0.15, 0.2) is 0 Å². The van der Waals surface area contributed by atoms with Gasteiger partial charge in [-0.15, -0.1) is 0 Å². The Balaban J connectivity index is 2.28. The van der Waals surface area contributed by atoms with Crippen LogP contribution in [0.1, 0.15) is 37.0 Å². The van der Waals surface area contributed by atoms with E-state index in [1.54, 1.807) is 12.1 Å². The monoisotopic (exact) mass is 295 g/mol. The molecule has 0 atom stereocenters. The number of rotatable bonds is 3. The van der Waals surface area contributed by atoms with Gasteiger partial charge in [0.2, 0.25) is 0 Å². The molecule has 1 aromatic rings. The van der Waals surface area contributed by atoms with E-state index in [0.717, 1.165) is 37.5 Å². The van der Waals surface area contributed by atoms with Crippen molar-refractivity contribution in [2.45, 2.75) is 26.7 Å². The summed E-state index contributed by atoms with van der Waals surface area (Å²) in [6.07, 6.45) is 2.22. The van der Waals surface area contributed by atoms with Gasteiger partial charge in [0.1, 0.15) is 0 Å². The summed E-state index contributed by atoms with van der Waals surface area (Å²) in [6.45, 7) is 6.30. The van der Waals surface area contributed by atoms with Gasteiger partial charge in [-0.1, -0.05) is 25.4 Å². The van der Waals surface area contributed by atoms with E-state index >= 15 is 0 Å². The van der Waals surface area contributed by atoms with Gasteiger partial charge >= 0.3 is 0 Å². The number of primary amides is 1. The topological polar surface area (TPSA) is 72.3 Å². The number of halogens is 1. The Kier molecular flexibility index (Phi) is 4.43. The molecule has 1 aliphatic heterocycles. The van der Waals surface area contributed by atoms with E-state index in [9.17, 15) is 4.79 Å². The van der Waals surface area contributed by atoms with Crippen LogP contribution in [-0.2, 0) is 0 Å². The summed E-state index contributed by atoms with van der Waals surface area (Å²) in [7, 11) is 0. The van der Waals surface area contributed by atoms with Crippen molar-refractivity contribution < 1.29 is 4.79 Å². The lowest BCUT2D eigenvalue weighted by atomic mass is 9.86. The second-order valence-electron chi connectivity index (χ2n) is 5.83. The molecule has 110 valence electrons. The van der Waals surface area contributed by atoms with E-state index in [4.69, 9.17) is 23.1 Å². The second-order valence-corrected chi connectivity index (χ2v) is 6.24. The zero-order valence-electron chi connectivity index (χ0n) is 12.0. The predicted molar refractivity (Wildman–Crippen MR) is 84.2 cm³/mol. The van der Waals surface area contributed by atoms with Crippen molar-refractivity contribution in [3.63, 3.8) is 0 Å². The summed E-state index contributed by atoms with van der Waals surface area (Å²) in [5.41, 5.74) is 12.8. The Bertz CT molecular complexity index is 508. The van der Waals surface area contributed by atoms with Gasteiger partial charge in [-0.25, -0.2) is 0 Å². The van der Waals surface area contributed by atoms with Crippen LogP contribution in [0.25, 0.3) is 0 Å². The Morgan fingerprint density at radius 3 is 2.45 bits per heavy atom. The maximum absolute atomic E-state index is 11.6. The molecule has 0 saturated carbocycles. The standard InChI is InChI=1S/C15H22ClN3O/c1-9(2)10-3-5-19(6-4-10)14-12(15(18)20)7-11(17)8-13(14)16/h7-10H,3-6,17H2,1-2H3,(H2,18,20). The molecule has 4 nitrogen and oxygen atoms in total. The Morgan fingerprint density at radius 2 is 1.95 bits per heavy atom. The van der Waals surface area contributed by atoms with Crippen LogP contribution in [0.15, 0.2) is 12.1 Å². The molecule has 0 bridgehead atoms. The molecule has 4 N–H and O–H groups in total. The summed E-state index contributed by atoms with van der Waals surface area (Å²) >= 11 is 6.28. The number of benzene rings is 1. The lowest BCUT2D eigenvalue weighted by Crippen LogP contribution is -2.36. The van der Waals surface area contributed by atoms with E-state index in [-0.39, 0.29) is 0 Å². The maximum Gasteiger partial charge on any atom is 0.250 e. The van der Waals surface area contributed by atoms with Gasteiger partial charge in [-0.05, 0) is 36.8 Å². The predicted octanol–water partition coefficient (Wildman–Crippen LogP) is 2.89. The number of hydrogen-bond acceptors (Lipinski definition) is 3. The molecule has 1 fully saturated rings. The maximum atomic E-state index is 11.6. The van der Waals surface area contributed by atoms with Crippen molar-refractivity contribution in [3.05, 3.63) is 22.7 Å². The fourth-order valence-electron chi connectivity index (χ4n) is 2.92. The Labute approximate surface area is 125 Å². The normalized spacial score (nSPS) is 16.7. The summed E-state index contributed by atoms with van der Waals surface area (Å²) in [6, 6.07) is 3.29. The van der Waals surface area contributed by atoms with Gasteiger partial charge in [-0.3, -0.25) is 4.79 Å². The molecular weight excluding hydrogens is 274 g/mol. The van der Waals surface area contributed by atoms with Crippen molar-refractivity contribution >= 4 is 28.9 Å². The van der Waals surface area contributed by atoms with Crippen LogP contribution in [-0.4, -0.2) is 19.0 Å². The van der Waals surface area contributed by atoms with Gasteiger partial charge in [-0.2, -0.15) is 0 Å². The SMILES string of the molecule is CC(C)C1CCN(c2c(Cl)cc(N)cc2C(N)=O)CC1. The number of nitrogens with zero attached hydrogens (tertiary/aromatic N) is 1. The lowest BCUT2D eigenvalue weighted by molar-refractivity contribution is 0.100. The molecule has 1 aromatic carbocycles. The molecule has 5 heteroatoms. The number of amides is 1. The van der Waals surface area contributed by atoms with Crippen LogP contribution >= 0.6 is 11.6 Å². The highest BCUT2D eigenvalue weighted by Gasteiger charge is 2.25. The molecule has 0 aliphatic carbocycles. The molecule has 1 heterocycles. The first-order chi connectivity index (χ1) is 9.40. The molecule has 1 aliphatic rings. The van der Waals surface area contributed by atoms with E-state index in [0.29, 0.717) is 22.2 Å². The summed E-state index contributed by atoms with van der Waals surface area (Å²) in [5, 5.41) is 0.502. The minimum absolute atomic E-state index is 0.415. The number of piperidine rings is 1. The Hall–Kier alpha value is -1.42. The average Bonchev–Trinajstić information content (AvgIpc) is 2.37. The molecular formula is C15H22ClN3O. The summed E-state index contributed by atoms with van der Waals surface area (Å²) in [4.78, 5) is 13.8. The molecule has 20 heavy (non-hydrogen) atoms. The van der Waals surface area contributed by atoms with E-state index in [1.807, 2.05) is 0 Å². The fraction of sp³-hybridized carbons (Fsp3) is 0.533. The molecule has 0 radical (unpaired) electrons. The number of carbonyl (C=O) groups excluding carboxylic acids is 1. The zero-order valence-corrected chi connectivity index (χ0v) is 12.8. The van der Waals surface area contributed by atoms with Crippen LogP contribution in [0, 0.1) is 11.8 Å². The molecule has 0 unspecified atom stereocenters. The van der Waals surface area contributed by atoms with Crippen LogP contribution in [0.5, 0.6) is 0 Å². The van der Waals surface area contributed by atoms with Crippen LogP contribution < -0.4 is 16.4 Å². The minimum Gasteiger partial charge on any atom is -0.399 e. The summed E-state index contributed by atoms with van der Waals surface area (Å²) < 4.78 is 0. The van der Waals surface area contributed by atoms with Crippen molar-refractivity contribution in [2.75, 3.05) is 23.7 Å². The van der Waals surface area contributed by atoms with Gasteiger partial charge in [0, 0.05) is 18.8 Å². The van der Waals surface area contributed by atoms with E-state index < -0.39 is 5.91 Å². The largest absolute Gasteiger partial charge is 0.399 e. The van der Waals surface area contributed by atoms with Crippen molar-refractivity contribution in [1.29, 1.82) is 0 Å². The van der Waals surface area contributed by atoms with Crippen molar-refractivity contribution in [2.24, 2.45) is 17.6 Å². The molecule has 2 rings (SSSR count). The molecule has 0 aromatic heterocycles. The van der Waals surface area contributed by atoms with Gasteiger partial charge in [0.25, 0.3) is 5.91 Å². The third-order valence-corrected chi connectivity index (χ3v) is 4.44. The number of hydrogen-bond donors (Lipinski definition) is 2. The third kappa shape index (κ3) is 3.01. The van der Waals surface area contributed by atoms with Crippen LogP contribution in [0.3, 0.4) is 0 Å². The first-order valence-corrected chi connectivity index (χ1v) is 7.41. The average molecular weight is 296 g/mol. The zero-order chi connectivity index (χ0) is 14.9. The van der Waals surface area contributed by atoms with Gasteiger partial charge in [0.05, 0.1) is 16.3 Å². The highest BCUT2D eigenvalue weighted by molar-refractivity contribution is 6.34. The summed E-state index contributed by atoms with van der Waals surface area (Å²) in [5.74, 6) is 0.936. The van der Waals surface area contributed by atoms with E-state index in [1.165, 1.54) is 0 Å². The first-order valence-electron chi connectivity index (χ1n) is 7.04. The highest BCUT2D eigenvalue weighted by atomic mass is 35.5. The number of nitrogen functional groups attached to an aromatic ring is 1. The first kappa shape index (κ1) is 15.0. The smallest absolute Gasteiger partial charge is 0.250 e. The van der Waals surface area contributed by atoms with Gasteiger partial charge < -0.3 is 16.4 Å². The molecule has 1 saturated heterocycles. The highest BCUT2D eigenvalue weighted by Crippen LogP contribution is 2.36. The number of anilines is 2. The fourth-order valence-corrected chi connectivity index (χ4v) is 3.27. The lowest BCUT2D eigenvalue weighted by Gasteiger charge is -2.36. The van der Waals surface area contributed by atoms with E-state index in [2.05, 4.69) is 18.7 Å². The molecule has 1 amide bonds. The quantitative estimate of drug-likeness (QED) is 0.842. The second kappa shape index (κ2) is 5.92. The van der Waals surface area contributed by atoms with Crippen molar-refractivity contribution in [1.82, 2.24) is 0 Å². The molecule has 0 spiro atoms. The Morgan fingerprint density at radius 1 is 1.35 bits per heavy atom. The third-order valence-electron chi connectivity index (χ3n) is 4.15. The van der Waals surface area contributed by atoms with Crippen LogP contribution in [0.4, 0.5) is 11.4 Å². The number of carbonyl (C=O) groups is 1. The minimum atomic E-state index is -0.486. The van der Waals surface area contributed by atoms with Crippen LogP contribution in [0.2, 0.25) is 5.02 Å².